The van der Waals surface area contributed by atoms with E-state index < -0.39 is 28.2 Å². The van der Waals surface area contributed by atoms with Crippen LogP contribution in [0.15, 0.2) is 157 Å². The number of hydrogen-bond donors (Lipinski definition) is 2. The minimum Gasteiger partial charge on any atom is -0.412 e. The molecule has 0 aliphatic rings. The van der Waals surface area contributed by atoms with Crippen LogP contribution in [0.2, 0.25) is 23.2 Å². The smallest absolute Gasteiger partial charge is 0.261 e. The molecule has 0 heterocycles. The molecule has 5 aromatic carbocycles. The van der Waals surface area contributed by atoms with Gasteiger partial charge in [0, 0.05) is 23.9 Å². The van der Waals surface area contributed by atoms with Crippen LogP contribution in [0.4, 0.5) is 0 Å². The van der Waals surface area contributed by atoms with Crippen molar-refractivity contribution in [1.29, 1.82) is 0 Å². The normalized spacial score (nSPS) is 14.3. The van der Waals surface area contributed by atoms with Crippen molar-refractivity contribution in [3.05, 3.63) is 179 Å². The topological polar surface area (TPSA) is 108 Å². The molecule has 4 atom stereocenters. The summed E-state index contributed by atoms with van der Waals surface area (Å²) in [5.74, 6) is -0.0381. The molecule has 62 heavy (non-hydrogen) atoms. The minimum absolute atomic E-state index is 0.0910. The van der Waals surface area contributed by atoms with E-state index in [9.17, 15) is 5.53 Å². The molecule has 2 N–H and O–H groups in total. The van der Waals surface area contributed by atoms with Crippen molar-refractivity contribution in [2.45, 2.75) is 115 Å². The fourth-order valence-electron chi connectivity index (χ4n) is 9.13. The van der Waals surface area contributed by atoms with E-state index in [1.54, 1.807) is 0 Å². The van der Waals surface area contributed by atoms with Crippen molar-refractivity contribution in [3.8, 4) is 0 Å². The monoisotopic (exact) mass is 867 g/mol. The van der Waals surface area contributed by atoms with Crippen LogP contribution in [-0.4, -0.2) is 53.9 Å². The van der Waals surface area contributed by atoms with Crippen LogP contribution in [-0.2, 0) is 19.2 Å². The van der Waals surface area contributed by atoms with Gasteiger partial charge in [0.15, 0.2) is 8.32 Å². The van der Waals surface area contributed by atoms with E-state index in [4.69, 9.17) is 8.85 Å². The number of carbonyl (C=O) groups excluding carboxylic acids is 1. The molecule has 0 aromatic heterocycles. The van der Waals surface area contributed by atoms with Crippen molar-refractivity contribution >= 4 is 32.9 Å². The van der Waals surface area contributed by atoms with Gasteiger partial charge in [-0.3, -0.25) is 4.79 Å². The Hall–Kier alpha value is -4.81. The molecule has 0 bridgehead atoms. The zero-order valence-electron chi connectivity index (χ0n) is 38.3. The molecule has 10 heteroatoms. The summed E-state index contributed by atoms with van der Waals surface area (Å²) in [6, 6.07) is 53.9. The third-order valence-electron chi connectivity index (χ3n) is 13.0. The van der Waals surface area contributed by atoms with Gasteiger partial charge in [-0.15, -0.1) is 0 Å². The van der Waals surface area contributed by atoms with Crippen molar-refractivity contribution in [2.75, 3.05) is 13.2 Å². The second-order valence-corrected chi connectivity index (χ2v) is 26.7. The molecular formula is C52H69N5O3Si2. The average Bonchev–Trinajstić information content (AvgIpc) is 3.31. The minimum atomic E-state index is -3.00. The predicted molar refractivity (Wildman–Crippen MR) is 262 cm³/mol. The Balaban J connectivity index is 1.62. The lowest BCUT2D eigenvalue weighted by atomic mass is 9.77. The molecule has 0 saturated carbocycles. The highest BCUT2D eigenvalue weighted by Crippen LogP contribution is 2.39. The van der Waals surface area contributed by atoms with Crippen LogP contribution in [0.3, 0.4) is 0 Å². The second kappa shape index (κ2) is 22.5. The molecular weight excluding hydrogens is 799 g/mol. The van der Waals surface area contributed by atoms with E-state index in [2.05, 4.69) is 161 Å². The first-order valence-electron chi connectivity index (χ1n) is 22.6. The van der Waals surface area contributed by atoms with Crippen LogP contribution >= 0.6 is 0 Å². The molecule has 0 aliphatic heterocycles. The summed E-state index contributed by atoms with van der Waals surface area (Å²) in [5, 5.41) is 13.9. The van der Waals surface area contributed by atoms with E-state index in [0.717, 1.165) is 41.2 Å². The molecule has 0 saturated heterocycles. The molecule has 5 rings (SSSR count). The number of rotatable bonds is 23. The van der Waals surface area contributed by atoms with Crippen LogP contribution in [0.5, 0.6) is 0 Å². The van der Waals surface area contributed by atoms with Crippen LogP contribution < -0.4 is 21.0 Å². The van der Waals surface area contributed by atoms with Crippen molar-refractivity contribution in [3.63, 3.8) is 0 Å². The van der Waals surface area contributed by atoms with Gasteiger partial charge in [0.25, 0.3) is 8.32 Å². The third kappa shape index (κ3) is 11.0. The quantitative estimate of drug-likeness (QED) is 0.0224. The number of hydrogen-bond acceptors (Lipinski definition) is 5. The standard InChI is InChI=1S/C52H69N5O3Si2/c1-9-41(5)50(56-57-53)48(60-61(10-2,11-3)12-4)39-54-45(40-59-62(51(6,7)8,46-34-24-16-25-35-46)47-36-26-17-27-37-47)38-49(58)55-52(42-28-18-13-19-29-42,43-30-20-14-21-31-43)44-32-22-15-23-33-44/h13-37,41,45,48,50,54H,9-12,38-40H2,1-8H3,(H,55,58)/t41-,45-,48-,50-/m0/s1. The Morgan fingerprint density at radius 2 is 1.11 bits per heavy atom. The zero-order chi connectivity index (χ0) is 44.6. The summed E-state index contributed by atoms with van der Waals surface area (Å²) in [7, 11) is -5.17. The maximum Gasteiger partial charge on any atom is 0.261 e. The second-order valence-electron chi connectivity index (χ2n) is 17.7. The first kappa shape index (κ1) is 48.2. The molecule has 1 amide bonds. The molecule has 5 aromatic rings. The Labute approximate surface area is 373 Å². The molecule has 0 spiro atoms. The van der Waals surface area contributed by atoms with Gasteiger partial charge in [0.1, 0.15) is 5.54 Å². The number of amides is 1. The van der Waals surface area contributed by atoms with Gasteiger partial charge >= 0.3 is 0 Å². The van der Waals surface area contributed by atoms with Gasteiger partial charge in [0.05, 0.1) is 18.8 Å². The lowest BCUT2D eigenvalue weighted by Crippen LogP contribution is -2.67. The number of carbonyl (C=O) groups is 1. The number of azide groups is 1. The average molecular weight is 868 g/mol. The Morgan fingerprint density at radius 1 is 0.694 bits per heavy atom. The van der Waals surface area contributed by atoms with Crippen LogP contribution in [0.25, 0.3) is 10.4 Å². The third-order valence-corrected chi connectivity index (χ3v) is 22.7. The molecule has 0 fully saturated rings. The number of benzene rings is 5. The van der Waals surface area contributed by atoms with Crippen LogP contribution in [0, 0.1) is 5.92 Å². The molecule has 0 unspecified atom stereocenters. The maximum atomic E-state index is 15.2. The largest absolute Gasteiger partial charge is 0.412 e. The Morgan fingerprint density at radius 3 is 1.48 bits per heavy atom. The SMILES string of the molecule is CC[C@H](C)[C@H](N=[N+]=[N-])[C@H](CN[C@H](CO[Si](c1ccccc1)(c1ccccc1)C(C)(C)C)CC(=O)NC(c1ccccc1)(c1ccccc1)c1ccccc1)O[Si](CC)(CC)CC. The van der Waals surface area contributed by atoms with Gasteiger partial charge in [-0.2, -0.15) is 0 Å². The predicted octanol–water partition coefficient (Wildman–Crippen LogP) is 11.1. The highest BCUT2D eigenvalue weighted by molar-refractivity contribution is 6.99. The summed E-state index contributed by atoms with van der Waals surface area (Å²) in [6.45, 7) is 18.4. The molecule has 0 radical (unpaired) electrons. The van der Waals surface area contributed by atoms with Gasteiger partial charge < -0.3 is 19.5 Å². The van der Waals surface area contributed by atoms with E-state index in [1.165, 1.54) is 10.4 Å². The van der Waals surface area contributed by atoms with Crippen molar-refractivity contribution in [1.82, 2.24) is 10.6 Å². The fraction of sp³-hybridized carbons (Fsp3) is 0.404. The number of nitrogens with zero attached hydrogens (tertiary/aromatic N) is 3. The first-order valence-corrected chi connectivity index (χ1v) is 27.0. The van der Waals surface area contributed by atoms with Crippen molar-refractivity contribution in [2.24, 2.45) is 11.0 Å². The zero-order valence-corrected chi connectivity index (χ0v) is 40.3. The summed E-state index contributed by atoms with van der Waals surface area (Å²) >= 11 is 0. The van der Waals surface area contributed by atoms with Crippen LogP contribution in [0.1, 0.15) is 84.9 Å². The maximum absolute atomic E-state index is 15.2. The molecule has 328 valence electrons. The summed E-state index contributed by atoms with van der Waals surface area (Å²) in [5.41, 5.74) is 11.8. The van der Waals surface area contributed by atoms with E-state index >= 15 is 4.79 Å². The van der Waals surface area contributed by atoms with E-state index in [0.29, 0.717) is 6.54 Å². The van der Waals surface area contributed by atoms with Gasteiger partial charge in [-0.1, -0.05) is 219 Å². The summed E-state index contributed by atoms with van der Waals surface area (Å²) in [6.07, 6.45) is 0.570. The fourth-order valence-corrected chi connectivity index (χ4v) is 16.6. The highest BCUT2D eigenvalue weighted by atomic mass is 28.4. The van der Waals surface area contributed by atoms with Gasteiger partial charge in [-0.05, 0) is 61.7 Å². The van der Waals surface area contributed by atoms with E-state index in [-0.39, 0.29) is 42.0 Å². The summed E-state index contributed by atoms with van der Waals surface area (Å²) in [4.78, 5) is 18.5. The van der Waals surface area contributed by atoms with Gasteiger partial charge in [0.2, 0.25) is 5.91 Å². The lowest BCUT2D eigenvalue weighted by Gasteiger charge is -2.44. The first-order chi connectivity index (χ1) is 29.9. The highest BCUT2D eigenvalue weighted by Gasteiger charge is 2.50. The number of nitrogens with one attached hydrogen (secondary N) is 2. The molecule has 0 aliphatic carbocycles. The summed E-state index contributed by atoms with van der Waals surface area (Å²) < 4.78 is 14.8. The molecule has 8 nitrogen and oxygen atoms in total. The Kier molecular flexibility index (Phi) is 17.5. The van der Waals surface area contributed by atoms with Gasteiger partial charge in [-0.25, -0.2) is 0 Å². The van der Waals surface area contributed by atoms with E-state index in [1.807, 2.05) is 66.7 Å². The Bertz CT molecular complexity index is 1980. The van der Waals surface area contributed by atoms with Crippen molar-refractivity contribution < 1.29 is 13.6 Å². The lowest BCUT2D eigenvalue weighted by molar-refractivity contribution is -0.123.